The van der Waals surface area contributed by atoms with Crippen LogP contribution in [0.5, 0.6) is 5.75 Å². The zero-order chi connectivity index (χ0) is 13.7. The molecule has 1 aromatic rings. The van der Waals surface area contributed by atoms with Crippen LogP contribution in [0.15, 0.2) is 18.3 Å². The molecule has 1 aromatic heterocycles. The van der Waals surface area contributed by atoms with Gasteiger partial charge in [0.05, 0.1) is 7.11 Å². The Bertz CT molecular complexity index is 432. The first-order chi connectivity index (χ1) is 9.19. The lowest BCUT2D eigenvalue weighted by atomic mass is 10.1. The zero-order valence-corrected chi connectivity index (χ0v) is 12.2. The van der Waals surface area contributed by atoms with Crippen LogP contribution >= 0.6 is 12.2 Å². The third-order valence-corrected chi connectivity index (χ3v) is 3.50. The molecule has 0 amide bonds. The molecule has 1 saturated heterocycles. The first-order valence-electron chi connectivity index (χ1n) is 6.44. The number of piperidine rings is 1. The van der Waals surface area contributed by atoms with Crippen LogP contribution in [0.1, 0.15) is 12.8 Å². The number of nitrogens with zero attached hydrogens (tertiary/aromatic N) is 2. The molecule has 1 fully saturated rings. The van der Waals surface area contributed by atoms with E-state index in [1.807, 2.05) is 12.1 Å². The number of thiocarbonyl (C=S) groups is 1. The van der Waals surface area contributed by atoms with Gasteiger partial charge in [0.15, 0.2) is 16.7 Å². The third kappa shape index (κ3) is 4.04. The molecule has 0 atom stereocenters. The molecule has 2 heterocycles. The van der Waals surface area contributed by atoms with Gasteiger partial charge in [-0.1, -0.05) is 0 Å². The molecule has 0 aromatic carbocycles. The van der Waals surface area contributed by atoms with E-state index in [1.165, 1.54) is 0 Å². The number of hydrogen-bond donors (Lipinski definition) is 2. The second kappa shape index (κ2) is 6.68. The molecule has 2 rings (SSSR count). The van der Waals surface area contributed by atoms with Crippen molar-refractivity contribution in [1.82, 2.24) is 15.2 Å². The summed E-state index contributed by atoms with van der Waals surface area (Å²) >= 11 is 5.32. The fourth-order valence-corrected chi connectivity index (χ4v) is 2.39. The van der Waals surface area contributed by atoms with Crippen molar-refractivity contribution >= 4 is 23.1 Å². The highest BCUT2D eigenvalue weighted by Gasteiger charge is 2.17. The lowest BCUT2D eigenvalue weighted by Gasteiger charge is -2.30. The minimum Gasteiger partial charge on any atom is -0.493 e. The van der Waals surface area contributed by atoms with E-state index in [-0.39, 0.29) is 0 Å². The number of hydrogen-bond acceptors (Lipinski definition) is 4. The van der Waals surface area contributed by atoms with Crippen molar-refractivity contribution in [2.24, 2.45) is 0 Å². The van der Waals surface area contributed by atoms with Gasteiger partial charge in [-0.05, 0) is 57.3 Å². The molecule has 1 aliphatic heterocycles. The van der Waals surface area contributed by atoms with E-state index < -0.39 is 0 Å². The summed E-state index contributed by atoms with van der Waals surface area (Å²) in [6.45, 7) is 2.21. The quantitative estimate of drug-likeness (QED) is 0.818. The average molecular weight is 280 g/mol. The van der Waals surface area contributed by atoms with Crippen LogP contribution in [0.3, 0.4) is 0 Å². The number of pyridine rings is 1. The third-order valence-electron chi connectivity index (χ3n) is 3.28. The molecular formula is C13H20N4OS. The van der Waals surface area contributed by atoms with E-state index in [9.17, 15) is 0 Å². The van der Waals surface area contributed by atoms with Crippen LogP contribution in [0.25, 0.3) is 0 Å². The fourth-order valence-electron chi connectivity index (χ4n) is 2.13. The zero-order valence-electron chi connectivity index (χ0n) is 11.3. The topological polar surface area (TPSA) is 49.4 Å². The van der Waals surface area contributed by atoms with Gasteiger partial charge < -0.3 is 20.3 Å². The number of nitrogens with one attached hydrogen (secondary N) is 2. The van der Waals surface area contributed by atoms with E-state index in [1.54, 1.807) is 13.3 Å². The fraction of sp³-hybridized carbons (Fsp3) is 0.538. The maximum Gasteiger partial charge on any atom is 0.174 e. The molecular weight excluding hydrogens is 260 g/mol. The Kier molecular flexibility index (Phi) is 4.93. The summed E-state index contributed by atoms with van der Waals surface area (Å²) in [5, 5.41) is 7.03. The second-order valence-corrected chi connectivity index (χ2v) is 5.14. The Hall–Kier alpha value is -1.40. The molecule has 104 valence electrons. The van der Waals surface area contributed by atoms with Gasteiger partial charge in [-0.3, -0.25) is 0 Å². The largest absolute Gasteiger partial charge is 0.493 e. The first kappa shape index (κ1) is 14.0. The lowest BCUT2D eigenvalue weighted by molar-refractivity contribution is 0.247. The van der Waals surface area contributed by atoms with Crippen molar-refractivity contribution in [2.75, 3.05) is 32.6 Å². The molecule has 5 nitrogen and oxygen atoms in total. The molecule has 6 heteroatoms. The Morgan fingerprint density at radius 2 is 2.21 bits per heavy atom. The minimum absolute atomic E-state index is 0.436. The highest BCUT2D eigenvalue weighted by molar-refractivity contribution is 7.80. The summed E-state index contributed by atoms with van der Waals surface area (Å²) in [7, 11) is 3.77. The summed E-state index contributed by atoms with van der Waals surface area (Å²) in [6.07, 6.45) is 3.93. The number of ether oxygens (including phenoxy) is 1. The van der Waals surface area contributed by atoms with Crippen LogP contribution in [0.4, 0.5) is 5.82 Å². The summed E-state index contributed by atoms with van der Waals surface area (Å²) in [6, 6.07) is 4.12. The Morgan fingerprint density at radius 1 is 1.47 bits per heavy atom. The monoisotopic (exact) mass is 280 g/mol. The molecule has 0 spiro atoms. The van der Waals surface area contributed by atoms with Gasteiger partial charge >= 0.3 is 0 Å². The van der Waals surface area contributed by atoms with Crippen LogP contribution < -0.4 is 15.4 Å². The number of rotatable bonds is 3. The van der Waals surface area contributed by atoms with Gasteiger partial charge in [0.1, 0.15) is 0 Å². The number of likely N-dealkylation sites (tertiary alicyclic amines) is 1. The van der Waals surface area contributed by atoms with E-state index >= 15 is 0 Å². The summed E-state index contributed by atoms with van der Waals surface area (Å²) in [4.78, 5) is 6.55. The molecule has 0 aliphatic carbocycles. The Balaban J connectivity index is 1.87. The van der Waals surface area contributed by atoms with E-state index in [0.29, 0.717) is 22.7 Å². The maximum atomic E-state index is 5.32. The van der Waals surface area contributed by atoms with Crippen molar-refractivity contribution in [3.8, 4) is 5.75 Å². The van der Waals surface area contributed by atoms with Crippen LogP contribution in [0.2, 0.25) is 0 Å². The SMILES string of the molecule is COc1cccnc1NC(=S)NC1CCN(C)CC1. The molecule has 19 heavy (non-hydrogen) atoms. The van der Waals surface area contributed by atoms with Crippen molar-refractivity contribution in [1.29, 1.82) is 0 Å². The van der Waals surface area contributed by atoms with Gasteiger partial charge in [-0.25, -0.2) is 4.98 Å². The van der Waals surface area contributed by atoms with Crippen LogP contribution in [0, 0.1) is 0 Å². The van der Waals surface area contributed by atoms with Crippen molar-refractivity contribution in [3.05, 3.63) is 18.3 Å². The van der Waals surface area contributed by atoms with Crippen LogP contribution in [-0.4, -0.2) is 48.3 Å². The second-order valence-electron chi connectivity index (χ2n) is 4.73. The minimum atomic E-state index is 0.436. The van der Waals surface area contributed by atoms with E-state index in [0.717, 1.165) is 25.9 Å². The van der Waals surface area contributed by atoms with E-state index in [4.69, 9.17) is 17.0 Å². The van der Waals surface area contributed by atoms with Crippen molar-refractivity contribution in [3.63, 3.8) is 0 Å². The van der Waals surface area contributed by atoms with Gasteiger partial charge in [0.25, 0.3) is 0 Å². The molecule has 1 aliphatic rings. The number of anilines is 1. The predicted molar refractivity (Wildman–Crippen MR) is 80.7 cm³/mol. The molecule has 0 bridgehead atoms. The standard InChI is InChI=1S/C13H20N4OS/c1-17-8-5-10(6-9-17)15-13(19)16-12-11(18-2)4-3-7-14-12/h3-4,7,10H,5-6,8-9H2,1-2H3,(H2,14,15,16,19). The highest BCUT2D eigenvalue weighted by atomic mass is 32.1. The average Bonchev–Trinajstić information content (AvgIpc) is 2.42. The van der Waals surface area contributed by atoms with Gasteiger partial charge in [-0.15, -0.1) is 0 Å². The van der Waals surface area contributed by atoms with Crippen LogP contribution in [-0.2, 0) is 0 Å². The highest BCUT2D eigenvalue weighted by Crippen LogP contribution is 2.19. The molecule has 2 N–H and O–H groups in total. The van der Waals surface area contributed by atoms with Crippen molar-refractivity contribution in [2.45, 2.75) is 18.9 Å². The maximum absolute atomic E-state index is 5.32. The molecule has 0 unspecified atom stereocenters. The normalized spacial score (nSPS) is 16.9. The smallest absolute Gasteiger partial charge is 0.174 e. The van der Waals surface area contributed by atoms with Gasteiger partial charge in [0, 0.05) is 12.2 Å². The van der Waals surface area contributed by atoms with E-state index in [2.05, 4.69) is 27.6 Å². The Morgan fingerprint density at radius 3 is 2.89 bits per heavy atom. The number of aromatic nitrogens is 1. The first-order valence-corrected chi connectivity index (χ1v) is 6.85. The summed E-state index contributed by atoms with van der Waals surface area (Å²) < 4.78 is 5.23. The predicted octanol–water partition coefficient (Wildman–Crippen LogP) is 1.47. The Labute approximate surface area is 119 Å². The lowest BCUT2D eigenvalue weighted by Crippen LogP contribution is -2.44. The molecule has 0 saturated carbocycles. The molecule has 0 radical (unpaired) electrons. The van der Waals surface area contributed by atoms with Crippen molar-refractivity contribution < 1.29 is 4.74 Å². The van der Waals surface area contributed by atoms with Gasteiger partial charge in [-0.2, -0.15) is 0 Å². The number of methoxy groups -OCH3 is 1. The summed E-state index contributed by atoms with van der Waals surface area (Å²) in [5.41, 5.74) is 0. The summed E-state index contributed by atoms with van der Waals surface area (Å²) in [5.74, 6) is 1.34. The van der Waals surface area contributed by atoms with Gasteiger partial charge in [0.2, 0.25) is 0 Å².